The van der Waals surface area contributed by atoms with Gasteiger partial charge in [-0.2, -0.15) is 0 Å². The summed E-state index contributed by atoms with van der Waals surface area (Å²) >= 11 is 0. The van der Waals surface area contributed by atoms with E-state index in [0.717, 1.165) is 12.8 Å². The van der Waals surface area contributed by atoms with Crippen LogP contribution in [0.25, 0.3) is 0 Å². The lowest BCUT2D eigenvalue weighted by atomic mass is 9.68. The van der Waals surface area contributed by atoms with Crippen LogP contribution in [0.3, 0.4) is 0 Å². The maximum absolute atomic E-state index is 11.5. The van der Waals surface area contributed by atoms with Crippen molar-refractivity contribution >= 4 is 5.97 Å². The first-order valence-corrected chi connectivity index (χ1v) is 6.61. The van der Waals surface area contributed by atoms with E-state index in [9.17, 15) is 9.90 Å². The molecule has 3 heteroatoms. The number of hydrogen-bond acceptors (Lipinski definition) is 3. The predicted octanol–water partition coefficient (Wildman–Crippen LogP) is 2.76. The molecule has 1 N–H and O–H groups in total. The van der Waals surface area contributed by atoms with Gasteiger partial charge in [0, 0.05) is 0 Å². The van der Waals surface area contributed by atoms with Crippen LogP contribution in [0.1, 0.15) is 53.9 Å². The second-order valence-electron chi connectivity index (χ2n) is 6.47. The lowest BCUT2D eigenvalue weighted by Gasteiger charge is -2.42. The number of hydrogen-bond donors (Lipinski definition) is 1. The van der Waals surface area contributed by atoms with Gasteiger partial charge in [0.15, 0.2) is 0 Å². The van der Waals surface area contributed by atoms with Crippen molar-refractivity contribution in [2.75, 3.05) is 0 Å². The Hall–Kier alpha value is -0.570. The van der Waals surface area contributed by atoms with Crippen molar-refractivity contribution < 1.29 is 14.6 Å². The summed E-state index contributed by atoms with van der Waals surface area (Å²) < 4.78 is 5.47. The SMILES string of the molecule is CC(O)C(=O)O[C@H]1CC(C)(C)CC[C@@H]1C(C)C. The average Bonchev–Trinajstić information content (AvgIpc) is 2.15. The van der Waals surface area contributed by atoms with Crippen molar-refractivity contribution in [3.8, 4) is 0 Å². The Kier molecular flexibility index (Phi) is 4.59. The number of aliphatic hydroxyl groups excluding tert-OH is 1. The van der Waals surface area contributed by atoms with Crippen molar-refractivity contribution in [2.24, 2.45) is 17.3 Å². The monoisotopic (exact) mass is 242 g/mol. The molecule has 1 aliphatic carbocycles. The van der Waals surface area contributed by atoms with Crippen LogP contribution in [0.5, 0.6) is 0 Å². The van der Waals surface area contributed by atoms with Gasteiger partial charge in [0.1, 0.15) is 12.2 Å². The molecule has 100 valence electrons. The smallest absolute Gasteiger partial charge is 0.334 e. The van der Waals surface area contributed by atoms with Crippen molar-refractivity contribution in [3.63, 3.8) is 0 Å². The van der Waals surface area contributed by atoms with Crippen LogP contribution in [-0.4, -0.2) is 23.3 Å². The Balaban J connectivity index is 2.71. The number of carbonyl (C=O) groups excluding carboxylic acids is 1. The van der Waals surface area contributed by atoms with Crippen LogP contribution >= 0.6 is 0 Å². The highest BCUT2D eigenvalue weighted by Crippen LogP contribution is 2.42. The molecule has 1 rings (SSSR count). The summed E-state index contributed by atoms with van der Waals surface area (Å²) in [6.45, 7) is 10.2. The zero-order valence-corrected chi connectivity index (χ0v) is 11.7. The Labute approximate surface area is 105 Å². The molecule has 0 amide bonds. The molecule has 0 aromatic heterocycles. The van der Waals surface area contributed by atoms with Crippen molar-refractivity contribution in [3.05, 3.63) is 0 Å². The van der Waals surface area contributed by atoms with Crippen LogP contribution in [0.2, 0.25) is 0 Å². The fraction of sp³-hybridized carbons (Fsp3) is 0.929. The molecule has 3 nitrogen and oxygen atoms in total. The van der Waals surface area contributed by atoms with Gasteiger partial charge in [-0.05, 0) is 43.4 Å². The number of rotatable bonds is 3. The van der Waals surface area contributed by atoms with Crippen molar-refractivity contribution in [2.45, 2.75) is 66.1 Å². The third-order valence-electron chi connectivity index (χ3n) is 3.85. The topological polar surface area (TPSA) is 46.5 Å². The van der Waals surface area contributed by atoms with Crippen molar-refractivity contribution in [1.29, 1.82) is 0 Å². The Bertz CT molecular complexity index is 269. The van der Waals surface area contributed by atoms with Crippen molar-refractivity contribution in [1.82, 2.24) is 0 Å². The molecular weight excluding hydrogens is 216 g/mol. The normalized spacial score (nSPS) is 30.1. The summed E-state index contributed by atoms with van der Waals surface area (Å²) in [5, 5.41) is 9.23. The van der Waals surface area contributed by atoms with Crippen LogP contribution < -0.4 is 0 Å². The summed E-state index contributed by atoms with van der Waals surface area (Å²) in [6, 6.07) is 0. The minimum atomic E-state index is -1.02. The first kappa shape index (κ1) is 14.5. The molecule has 0 aromatic rings. The molecule has 0 bridgehead atoms. The van der Waals surface area contributed by atoms with E-state index in [4.69, 9.17) is 4.74 Å². The number of ether oxygens (including phenoxy) is 1. The molecule has 0 aromatic carbocycles. The van der Waals surface area contributed by atoms with E-state index in [-0.39, 0.29) is 11.5 Å². The van der Waals surface area contributed by atoms with Gasteiger partial charge in [0.25, 0.3) is 0 Å². The number of carbonyl (C=O) groups is 1. The predicted molar refractivity (Wildman–Crippen MR) is 67.5 cm³/mol. The quantitative estimate of drug-likeness (QED) is 0.774. The molecule has 0 spiro atoms. The average molecular weight is 242 g/mol. The van der Waals surface area contributed by atoms with E-state index in [0.29, 0.717) is 11.8 Å². The highest BCUT2D eigenvalue weighted by atomic mass is 16.6. The summed E-state index contributed by atoms with van der Waals surface area (Å²) in [5.74, 6) is 0.446. The molecule has 17 heavy (non-hydrogen) atoms. The summed E-state index contributed by atoms with van der Waals surface area (Å²) in [4.78, 5) is 11.5. The van der Waals surface area contributed by atoms with Gasteiger partial charge < -0.3 is 9.84 Å². The van der Waals surface area contributed by atoms with Gasteiger partial charge in [-0.25, -0.2) is 4.79 Å². The number of esters is 1. The fourth-order valence-electron chi connectivity index (χ4n) is 2.68. The molecule has 0 saturated heterocycles. The van der Waals surface area contributed by atoms with Gasteiger partial charge in [-0.3, -0.25) is 0 Å². The lowest BCUT2D eigenvalue weighted by molar-refractivity contribution is -0.166. The van der Waals surface area contributed by atoms with Gasteiger partial charge in [-0.1, -0.05) is 27.7 Å². The summed E-state index contributed by atoms with van der Waals surface area (Å²) in [7, 11) is 0. The highest BCUT2D eigenvalue weighted by molar-refractivity contribution is 5.74. The van der Waals surface area contributed by atoms with Gasteiger partial charge in [0.05, 0.1) is 0 Å². The van der Waals surface area contributed by atoms with E-state index < -0.39 is 12.1 Å². The van der Waals surface area contributed by atoms with Crippen LogP contribution in [0.15, 0.2) is 0 Å². The first-order valence-electron chi connectivity index (χ1n) is 6.61. The Morgan fingerprint density at radius 2 is 1.94 bits per heavy atom. The van der Waals surface area contributed by atoms with Gasteiger partial charge in [-0.15, -0.1) is 0 Å². The third-order valence-corrected chi connectivity index (χ3v) is 3.85. The molecule has 0 heterocycles. The standard InChI is InChI=1S/C14H26O3/c1-9(2)11-6-7-14(4,5)8-12(11)17-13(16)10(3)15/h9-12,15H,6-8H2,1-5H3/t10?,11-,12+/m1/s1. The van der Waals surface area contributed by atoms with E-state index in [2.05, 4.69) is 27.7 Å². The molecule has 0 radical (unpaired) electrons. The maximum Gasteiger partial charge on any atom is 0.334 e. The van der Waals surface area contributed by atoms with Crippen LogP contribution in [0.4, 0.5) is 0 Å². The largest absolute Gasteiger partial charge is 0.460 e. The second kappa shape index (κ2) is 5.38. The first-order chi connectivity index (χ1) is 7.73. The molecule has 1 aliphatic rings. The summed E-state index contributed by atoms with van der Waals surface area (Å²) in [5.41, 5.74) is 0.231. The zero-order valence-electron chi connectivity index (χ0n) is 11.7. The third kappa shape index (κ3) is 3.98. The lowest BCUT2D eigenvalue weighted by Crippen LogP contribution is -2.40. The minimum absolute atomic E-state index is 0.0409. The molecule has 3 atom stereocenters. The molecule has 1 unspecified atom stereocenters. The molecule has 1 saturated carbocycles. The van der Waals surface area contributed by atoms with Crippen LogP contribution in [-0.2, 0) is 9.53 Å². The molecule has 0 aliphatic heterocycles. The Morgan fingerprint density at radius 1 is 1.35 bits per heavy atom. The van der Waals surface area contributed by atoms with E-state index in [1.807, 2.05) is 0 Å². The van der Waals surface area contributed by atoms with E-state index in [1.54, 1.807) is 0 Å². The fourth-order valence-corrected chi connectivity index (χ4v) is 2.68. The van der Waals surface area contributed by atoms with E-state index >= 15 is 0 Å². The Morgan fingerprint density at radius 3 is 2.41 bits per heavy atom. The summed E-state index contributed by atoms with van der Waals surface area (Å²) in [6.07, 6.45) is 2.11. The maximum atomic E-state index is 11.5. The minimum Gasteiger partial charge on any atom is -0.460 e. The molecular formula is C14H26O3. The van der Waals surface area contributed by atoms with E-state index in [1.165, 1.54) is 13.3 Å². The number of aliphatic hydroxyl groups is 1. The van der Waals surface area contributed by atoms with Gasteiger partial charge >= 0.3 is 5.97 Å². The molecule has 1 fully saturated rings. The highest BCUT2D eigenvalue weighted by Gasteiger charge is 2.38. The van der Waals surface area contributed by atoms with Gasteiger partial charge in [0.2, 0.25) is 0 Å². The zero-order chi connectivity index (χ0) is 13.2. The van der Waals surface area contributed by atoms with Crippen LogP contribution in [0, 0.1) is 17.3 Å². The second-order valence-corrected chi connectivity index (χ2v) is 6.47.